The maximum Gasteiger partial charge on any atom is 0.209 e. The van der Waals surface area contributed by atoms with Crippen LogP contribution in [0.5, 0.6) is 0 Å². The Balaban J connectivity index is 1.87. The van der Waals surface area contributed by atoms with Crippen LogP contribution in [0.1, 0.15) is 18.4 Å². The first-order valence-electron chi connectivity index (χ1n) is 5.21. The quantitative estimate of drug-likeness (QED) is 0.790. The second-order valence-electron chi connectivity index (χ2n) is 3.30. The number of aryl methyl sites for hydroxylation is 1. The maximum atomic E-state index is 4.11. The lowest BCUT2D eigenvalue weighted by Crippen LogP contribution is -1.98. The molecule has 0 amide bonds. The fourth-order valence-electron chi connectivity index (χ4n) is 1.09. The Labute approximate surface area is 107 Å². The number of rotatable bonds is 6. The van der Waals surface area contributed by atoms with E-state index < -0.39 is 0 Å². The van der Waals surface area contributed by atoms with E-state index in [4.69, 9.17) is 0 Å². The third kappa shape index (κ3) is 3.37. The van der Waals surface area contributed by atoms with Crippen LogP contribution in [-0.2, 0) is 12.8 Å². The first kappa shape index (κ1) is 12.2. The van der Waals surface area contributed by atoms with Gasteiger partial charge < -0.3 is 5.32 Å². The van der Waals surface area contributed by atoms with Crippen LogP contribution in [0.3, 0.4) is 0 Å². The topological polar surface area (TPSA) is 81.4 Å². The van der Waals surface area contributed by atoms with Crippen LogP contribution in [0.4, 0.5) is 5.13 Å². The van der Waals surface area contributed by atoms with E-state index in [1.807, 2.05) is 7.05 Å². The smallest absolute Gasteiger partial charge is 0.209 e. The molecule has 92 valence electrons. The van der Waals surface area contributed by atoms with Crippen LogP contribution < -0.4 is 5.32 Å². The van der Waals surface area contributed by atoms with Gasteiger partial charge in [0.1, 0.15) is 5.01 Å². The van der Waals surface area contributed by atoms with Crippen molar-refractivity contribution in [3.8, 4) is 0 Å². The number of hydrogen-bond donors (Lipinski definition) is 1. The molecule has 7 nitrogen and oxygen atoms in total. The minimum absolute atomic E-state index is 0.736. The molecule has 0 aliphatic carbocycles. The largest absolute Gasteiger partial charge is 0.360 e. The lowest BCUT2D eigenvalue weighted by molar-refractivity contribution is 0.664. The monoisotopic (exact) mass is 271 g/mol. The summed E-state index contributed by atoms with van der Waals surface area (Å²) in [4.78, 5) is 0. The summed E-state index contributed by atoms with van der Waals surface area (Å²) in [5.74, 6) is 0.736. The summed E-state index contributed by atoms with van der Waals surface area (Å²) in [6, 6.07) is 0. The van der Waals surface area contributed by atoms with E-state index in [1.165, 1.54) is 0 Å². The van der Waals surface area contributed by atoms with E-state index in [0.717, 1.165) is 34.0 Å². The first-order chi connectivity index (χ1) is 8.29. The highest BCUT2D eigenvalue weighted by atomic mass is 32.2. The summed E-state index contributed by atoms with van der Waals surface area (Å²) in [6.07, 6.45) is 1.08. The van der Waals surface area contributed by atoms with Gasteiger partial charge in [-0.3, -0.25) is 0 Å². The molecule has 0 fully saturated rings. The highest BCUT2D eigenvalue weighted by Crippen LogP contribution is 2.23. The Bertz CT molecular complexity index is 466. The summed E-state index contributed by atoms with van der Waals surface area (Å²) in [5.41, 5.74) is 0. The average molecular weight is 271 g/mol. The molecule has 0 atom stereocenters. The molecule has 9 heteroatoms. The molecular formula is C8H13N7S2. The maximum absolute atomic E-state index is 4.11. The number of nitrogens with zero attached hydrogens (tertiary/aromatic N) is 6. The van der Waals surface area contributed by atoms with Crippen LogP contribution in [0.2, 0.25) is 0 Å². The second kappa shape index (κ2) is 5.92. The lowest BCUT2D eigenvalue weighted by atomic mass is 10.5. The molecule has 2 rings (SSSR count). The Morgan fingerprint density at radius 2 is 2.24 bits per heavy atom. The van der Waals surface area contributed by atoms with E-state index in [1.54, 1.807) is 27.8 Å². The van der Waals surface area contributed by atoms with E-state index in [9.17, 15) is 0 Å². The van der Waals surface area contributed by atoms with Gasteiger partial charge in [0.2, 0.25) is 10.3 Å². The molecule has 0 aliphatic rings. The molecule has 0 spiro atoms. The van der Waals surface area contributed by atoms with Crippen molar-refractivity contribution in [2.75, 3.05) is 11.9 Å². The van der Waals surface area contributed by atoms with Crippen LogP contribution in [-0.4, -0.2) is 36.9 Å². The van der Waals surface area contributed by atoms with E-state index in [0.29, 0.717) is 0 Å². The fourth-order valence-corrected chi connectivity index (χ4v) is 2.69. The van der Waals surface area contributed by atoms with Crippen molar-refractivity contribution in [1.29, 1.82) is 0 Å². The van der Waals surface area contributed by atoms with Crippen LogP contribution >= 0.6 is 23.1 Å². The van der Waals surface area contributed by atoms with Gasteiger partial charge in [0.25, 0.3) is 0 Å². The zero-order valence-electron chi connectivity index (χ0n) is 9.62. The van der Waals surface area contributed by atoms with Gasteiger partial charge in [0.05, 0.1) is 5.75 Å². The van der Waals surface area contributed by atoms with Crippen molar-refractivity contribution in [3.63, 3.8) is 0 Å². The normalized spacial score (nSPS) is 10.7. The molecular weight excluding hydrogens is 258 g/mol. The summed E-state index contributed by atoms with van der Waals surface area (Å²) in [6.45, 7) is 3.04. The van der Waals surface area contributed by atoms with Crippen LogP contribution in [0.15, 0.2) is 5.16 Å². The Morgan fingerprint density at radius 3 is 2.94 bits per heavy atom. The summed E-state index contributed by atoms with van der Waals surface area (Å²) < 4.78 is 1.64. The van der Waals surface area contributed by atoms with Gasteiger partial charge in [0.15, 0.2) is 0 Å². The summed E-state index contributed by atoms with van der Waals surface area (Å²) in [7, 11) is 1.82. The zero-order valence-corrected chi connectivity index (χ0v) is 11.3. The third-order valence-corrected chi connectivity index (χ3v) is 3.98. The number of nitrogens with one attached hydrogen (secondary N) is 1. The van der Waals surface area contributed by atoms with Gasteiger partial charge in [-0.05, 0) is 16.8 Å². The van der Waals surface area contributed by atoms with E-state index in [-0.39, 0.29) is 0 Å². The Kier molecular flexibility index (Phi) is 4.26. The SMILES string of the molecule is CCCNc1nnc(CSc2nnnn2C)s1. The van der Waals surface area contributed by atoms with Crippen molar-refractivity contribution in [3.05, 3.63) is 5.01 Å². The fraction of sp³-hybridized carbons (Fsp3) is 0.625. The van der Waals surface area contributed by atoms with Crippen LogP contribution in [0.25, 0.3) is 0 Å². The summed E-state index contributed by atoms with van der Waals surface area (Å²) >= 11 is 3.12. The number of hydrogen-bond acceptors (Lipinski definition) is 8. The predicted octanol–water partition coefficient (Wildman–Crippen LogP) is 1.18. The summed E-state index contributed by atoms with van der Waals surface area (Å²) in [5, 5.41) is 25.2. The van der Waals surface area contributed by atoms with Crippen molar-refractivity contribution >= 4 is 28.2 Å². The number of anilines is 1. The second-order valence-corrected chi connectivity index (χ2v) is 5.31. The molecule has 0 saturated heterocycles. The highest BCUT2D eigenvalue weighted by Gasteiger charge is 2.07. The number of aromatic nitrogens is 6. The Morgan fingerprint density at radius 1 is 1.35 bits per heavy atom. The minimum atomic E-state index is 0.736. The van der Waals surface area contributed by atoms with Gasteiger partial charge >= 0.3 is 0 Å². The van der Waals surface area contributed by atoms with Crippen molar-refractivity contribution < 1.29 is 0 Å². The van der Waals surface area contributed by atoms with Gasteiger partial charge in [-0.2, -0.15) is 0 Å². The molecule has 2 aromatic rings. The van der Waals surface area contributed by atoms with Gasteiger partial charge in [0, 0.05) is 13.6 Å². The molecule has 0 saturated carbocycles. The minimum Gasteiger partial charge on any atom is -0.360 e. The molecule has 0 unspecified atom stereocenters. The third-order valence-electron chi connectivity index (χ3n) is 1.90. The predicted molar refractivity (Wildman–Crippen MR) is 67.0 cm³/mol. The van der Waals surface area contributed by atoms with Crippen molar-refractivity contribution in [1.82, 2.24) is 30.4 Å². The first-order valence-corrected chi connectivity index (χ1v) is 7.01. The molecule has 17 heavy (non-hydrogen) atoms. The van der Waals surface area contributed by atoms with Crippen molar-refractivity contribution in [2.45, 2.75) is 24.3 Å². The molecule has 2 heterocycles. The van der Waals surface area contributed by atoms with Gasteiger partial charge in [-0.1, -0.05) is 30.0 Å². The average Bonchev–Trinajstić information content (AvgIpc) is 2.93. The van der Waals surface area contributed by atoms with Crippen LogP contribution in [0, 0.1) is 0 Å². The Hall–Kier alpha value is -1.22. The molecule has 0 aliphatic heterocycles. The molecule has 2 aromatic heterocycles. The van der Waals surface area contributed by atoms with E-state index in [2.05, 4.69) is 38.0 Å². The zero-order chi connectivity index (χ0) is 12.1. The van der Waals surface area contributed by atoms with E-state index >= 15 is 0 Å². The number of thioether (sulfide) groups is 1. The lowest BCUT2D eigenvalue weighted by Gasteiger charge is -1.96. The molecule has 0 bridgehead atoms. The molecule has 1 N–H and O–H groups in total. The van der Waals surface area contributed by atoms with Gasteiger partial charge in [-0.25, -0.2) is 4.68 Å². The van der Waals surface area contributed by atoms with Crippen molar-refractivity contribution in [2.24, 2.45) is 7.05 Å². The van der Waals surface area contributed by atoms with Gasteiger partial charge in [-0.15, -0.1) is 15.3 Å². The molecule has 0 radical (unpaired) electrons. The standard InChI is InChI=1S/C8H13N7S2/c1-3-4-9-7-11-10-6(17-7)5-16-8-12-13-14-15(8)2/h3-5H2,1-2H3,(H,9,11). The molecule has 0 aromatic carbocycles. The highest BCUT2D eigenvalue weighted by molar-refractivity contribution is 7.98. The number of tetrazole rings is 1.